The Morgan fingerprint density at radius 3 is 2.77 bits per heavy atom. The molecular formula is C13H14BrClFNO4S. The molecule has 0 saturated carbocycles. The molecule has 22 heavy (non-hydrogen) atoms. The SMILES string of the molecule is CCOc1c(Br)cc(F)cc1N1CC(CS(=O)(=O)Cl)CC1=O. The van der Waals surface area contributed by atoms with E-state index in [-0.39, 0.29) is 30.3 Å². The van der Waals surface area contributed by atoms with Gasteiger partial charge in [-0.1, -0.05) is 0 Å². The Bertz CT molecular complexity index is 698. The molecule has 0 spiro atoms. The van der Waals surface area contributed by atoms with E-state index in [1.165, 1.54) is 17.0 Å². The zero-order valence-electron chi connectivity index (χ0n) is 11.7. The molecule has 1 heterocycles. The Morgan fingerprint density at radius 2 is 2.18 bits per heavy atom. The number of carbonyl (C=O) groups is 1. The average molecular weight is 415 g/mol. The third kappa shape index (κ3) is 4.11. The van der Waals surface area contributed by atoms with Gasteiger partial charge in [-0.2, -0.15) is 0 Å². The van der Waals surface area contributed by atoms with Crippen molar-refractivity contribution in [1.82, 2.24) is 0 Å². The van der Waals surface area contributed by atoms with Crippen LogP contribution in [-0.4, -0.2) is 33.2 Å². The van der Waals surface area contributed by atoms with Gasteiger partial charge in [0.15, 0.2) is 5.75 Å². The van der Waals surface area contributed by atoms with Crippen LogP contribution in [0.15, 0.2) is 16.6 Å². The van der Waals surface area contributed by atoms with Crippen molar-refractivity contribution in [2.24, 2.45) is 5.92 Å². The number of halogens is 3. The predicted octanol–water partition coefficient (Wildman–Crippen LogP) is 2.91. The summed E-state index contributed by atoms with van der Waals surface area (Å²) in [5.41, 5.74) is 0.285. The molecule has 0 aromatic heterocycles. The van der Waals surface area contributed by atoms with Crippen LogP contribution >= 0.6 is 26.6 Å². The minimum Gasteiger partial charge on any atom is -0.490 e. The number of benzene rings is 1. The third-order valence-electron chi connectivity index (χ3n) is 3.21. The van der Waals surface area contributed by atoms with Crippen molar-refractivity contribution in [3.8, 4) is 5.75 Å². The molecule has 1 amide bonds. The number of carbonyl (C=O) groups excluding carboxylic acids is 1. The largest absolute Gasteiger partial charge is 0.490 e. The molecule has 1 aromatic rings. The lowest BCUT2D eigenvalue weighted by molar-refractivity contribution is -0.117. The predicted molar refractivity (Wildman–Crippen MR) is 85.4 cm³/mol. The summed E-state index contributed by atoms with van der Waals surface area (Å²) in [6.45, 7) is 2.27. The van der Waals surface area contributed by atoms with E-state index in [1.807, 2.05) is 0 Å². The summed E-state index contributed by atoms with van der Waals surface area (Å²) in [5, 5.41) is 0. The minimum absolute atomic E-state index is 0.0473. The second-order valence-corrected chi connectivity index (χ2v) is 8.62. The van der Waals surface area contributed by atoms with Crippen molar-refractivity contribution in [2.45, 2.75) is 13.3 Å². The van der Waals surface area contributed by atoms with Crippen LogP contribution < -0.4 is 9.64 Å². The van der Waals surface area contributed by atoms with E-state index in [9.17, 15) is 17.6 Å². The number of nitrogens with zero attached hydrogens (tertiary/aromatic N) is 1. The lowest BCUT2D eigenvalue weighted by Crippen LogP contribution is -2.26. The molecule has 1 unspecified atom stereocenters. The zero-order valence-corrected chi connectivity index (χ0v) is 14.8. The smallest absolute Gasteiger partial charge is 0.232 e. The van der Waals surface area contributed by atoms with E-state index < -0.39 is 20.8 Å². The molecule has 0 bridgehead atoms. The molecule has 9 heteroatoms. The molecule has 1 aromatic carbocycles. The van der Waals surface area contributed by atoms with E-state index in [4.69, 9.17) is 15.4 Å². The van der Waals surface area contributed by atoms with Crippen LogP contribution in [0.3, 0.4) is 0 Å². The second kappa shape index (κ2) is 6.72. The van der Waals surface area contributed by atoms with Crippen LogP contribution in [0.2, 0.25) is 0 Å². The maximum Gasteiger partial charge on any atom is 0.232 e. The van der Waals surface area contributed by atoms with Gasteiger partial charge in [-0.15, -0.1) is 0 Å². The van der Waals surface area contributed by atoms with Crippen LogP contribution in [0.5, 0.6) is 5.75 Å². The van der Waals surface area contributed by atoms with Crippen LogP contribution in [0, 0.1) is 11.7 Å². The second-order valence-electron chi connectivity index (χ2n) is 4.95. The van der Waals surface area contributed by atoms with Crippen LogP contribution in [-0.2, 0) is 13.8 Å². The fourth-order valence-corrected chi connectivity index (χ4v) is 4.30. The van der Waals surface area contributed by atoms with E-state index in [1.54, 1.807) is 6.92 Å². The van der Waals surface area contributed by atoms with E-state index in [0.29, 0.717) is 16.8 Å². The lowest BCUT2D eigenvalue weighted by Gasteiger charge is -2.21. The summed E-state index contributed by atoms with van der Waals surface area (Å²) in [7, 11) is 1.54. The molecule has 1 atom stereocenters. The Morgan fingerprint density at radius 1 is 1.50 bits per heavy atom. The lowest BCUT2D eigenvalue weighted by atomic mass is 10.1. The van der Waals surface area contributed by atoms with Crippen LogP contribution in [0.4, 0.5) is 10.1 Å². The van der Waals surface area contributed by atoms with Crippen molar-refractivity contribution in [1.29, 1.82) is 0 Å². The monoisotopic (exact) mass is 413 g/mol. The standard InChI is InChI=1S/C13H14BrClFNO4S/c1-2-21-13-10(14)4-9(16)5-11(13)17-6-8(3-12(17)18)7-22(15,19)20/h4-5,8H,2-3,6-7H2,1H3. The number of anilines is 1. The summed E-state index contributed by atoms with van der Waals surface area (Å²) in [6, 6.07) is 2.45. The van der Waals surface area contributed by atoms with Crippen molar-refractivity contribution < 1.29 is 22.3 Å². The normalized spacial score (nSPS) is 18.8. The molecule has 0 N–H and O–H groups in total. The number of amides is 1. The first-order valence-corrected chi connectivity index (χ1v) is 9.83. The fourth-order valence-electron chi connectivity index (χ4n) is 2.44. The van der Waals surface area contributed by atoms with Gasteiger partial charge >= 0.3 is 0 Å². The zero-order chi connectivity index (χ0) is 16.5. The van der Waals surface area contributed by atoms with Crippen LogP contribution in [0.25, 0.3) is 0 Å². The molecular weight excluding hydrogens is 401 g/mol. The van der Waals surface area contributed by atoms with Gasteiger partial charge in [0.25, 0.3) is 0 Å². The molecule has 0 aliphatic carbocycles. The first-order chi connectivity index (χ1) is 10.2. The summed E-state index contributed by atoms with van der Waals surface area (Å²) in [5.74, 6) is -1.18. The average Bonchev–Trinajstić information content (AvgIpc) is 2.70. The molecule has 1 fully saturated rings. The summed E-state index contributed by atoms with van der Waals surface area (Å²) < 4.78 is 41.8. The highest BCUT2D eigenvalue weighted by Gasteiger charge is 2.35. The van der Waals surface area contributed by atoms with Gasteiger partial charge < -0.3 is 9.64 Å². The molecule has 0 radical (unpaired) electrons. The quantitative estimate of drug-likeness (QED) is 0.695. The van der Waals surface area contributed by atoms with Gasteiger partial charge in [0.2, 0.25) is 15.0 Å². The van der Waals surface area contributed by atoms with Gasteiger partial charge in [-0.3, -0.25) is 4.79 Å². The van der Waals surface area contributed by atoms with Gasteiger partial charge in [0.05, 0.1) is 22.5 Å². The summed E-state index contributed by atoms with van der Waals surface area (Å²) >= 11 is 3.21. The van der Waals surface area contributed by atoms with Crippen molar-refractivity contribution in [3.05, 3.63) is 22.4 Å². The maximum atomic E-state index is 13.7. The number of hydrogen-bond acceptors (Lipinski definition) is 4. The molecule has 5 nitrogen and oxygen atoms in total. The first kappa shape index (κ1) is 17.5. The molecule has 1 saturated heterocycles. The number of ether oxygens (including phenoxy) is 1. The summed E-state index contributed by atoms with van der Waals surface area (Å²) in [4.78, 5) is 13.5. The number of hydrogen-bond donors (Lipinski definition) is 0. The van der Waals surface area contributed by atoms with Crippen molar-refractivity contribution >= 4 is 47.3 Å². The van der Waals surface area contributed by atoms with Gasteiger partial charge in [-0.05, 0) is 28.9 Å². The van der Waals surface area contributed by atoms with Gasteiger partial charge in [0.1, 0.15) is 5.82 Å². The van der Waals surface area contributed by atoms with Crippen LogP contribution in [0.1, 0.15) is 13.3 Å². The highest BCUT2D eigenvalue weighted by atomic mass is 79.9. The Balaban J connectivity index is 2.34. The topological polar surface area (TPSA) is 63.7 Å². The van der Waals surface area contributed by atoms with E-state index in [0.717, 1.165) is 0 Å². The summed E-state index contributed by atoms with van der Waals surface area (Å²) in [6.07, 6.45) is 0.0473. The highest BCUT2D eigenvalue weighted by Crippen LogP contribution is 2.39. The van der Waals surface area contributed by atoms with E-state index >= 15 is 0 Å². The van der Waals surface area contributed by atoms with Gasteiger partial charge in [-0.25, -0.2) is 12.8 Å². The van der Waals surface area contributed by atoms with Crippen molar-refractivity contribution in [3.63, 3.8) is 0 Å². The molecule has 1 aliphatic heterocycles. The van der Waals surface area contributed by atoms with E-state index in [2.05, 4.69) is 15.9 Å². The third-order valence-corrected chi connectivity index (χ3v) is 5.04. The Labute approximate surface area is 140 Å². The molecule has 2 rings (SSSR count). The Kier molecular flexibility index (Phi) is 5.34. The molecule has 1 aliphatic rings. The highest BCUT2D eigenvalue weighted by molar-refractivity contribution is 9.10. The van der Waals surface area contributed by atoms with Crippen molar-refractivity contribution in [2.75, 3.05) is 23.8 Å². The molecule has 122 valence electrons. The fraction of sp³-hybridized carbons (Fsp3) is 0.462. The maximum absolute atomic E-state index is 13.7. The Hall–Kier alpha value is -0.860. The number of rotatable bonds is 5. The first-order valence-electron chi connectivity index (χ1n) is 6.55. The van der Waals surface area contributed by atoms with Gasteiger partial charge in [0, 0.05) is 35.6 Å². The minimum atomic E-state index is -3.69.